The molecular weight excluding hydrogens is 394 g/mol. The third-order valence-corrected chi connectivity index (χ3v) is 5.74. The van der Waals surface area contributed by atoms with E-state index >= 15 is 0 Å². The molecule has 31 heavy (non-hydrogen) atoms. The first kappa shape index (κ1) is 20.8. The number of aromatic nitrogens is 4. The molecule has 8 heteroatoms. The monoisotopic (exact) mass is 421 g/mol. The third-order valence-electron chi connectivity index (χ3n) is 5.74. The second-order valence-electron chi connectivity index (χ2n) is 7.65. The number of nitrogens with one attached hydrogen (secondary N) is 1. The van der Waals surface area contributed by atoms with Gasteiger partial charge < -0.3 is 19.5 Å². The fourth-order valence-electron chi connectivity index (χ4n) is 3.69. The van der Waals surface area contributed by atoms with Crippen LogP contribution in [0, 0.1) is 5.92 Å². The van der Waals surface area contributed by atoms with Crippen molar-refractivity contribution in [1.82, 2.24) is 19.9 Å². The van der Waals surface area contributed by atoms with E-state index in [-0.39, 0.29) is 0 Å². The minimum atomic E-state index is 0.318. The van der Waals surface area contributed by atoms with Gasteiger partial charge >= 0.3 is 0 Å². The Kier molecular flexibility index (Phi) is 6.16. The molecule has 0 bridgehead atoms. The van der Waals surface area contributed by atoms with Crippen molar-refractivity contribution in [2.75, 3.05) is 32.7 Å². The molecule has 0 aliphatic carbocycles. The molecule has 0 saturated heterocycles. The normalized spacial score (nSPS) is 14.3. The highest BCUT2D eigenvalue weighted by Crippen LogP contribution is 2.36. The Balaban J connectivity index is 1.45. The predicted octanol–water partition coefficient (Wildman–Crippen LogP) is 3.74. The Morgan fingerprint density at radius 3 is 2.77 bits per heavy atom. The summed E-state index contributed by atoms with van der Waals surface area (Å²) in [6.07, 6.45) is 6.03. The minimum Gasteiger partial charge on any atom is -0.491 e. The Morgan fingerprint density at radius 1 is 1.10 bits per heavy atom. The van der Waals surface area contributed by atoms with Crippen molar-refractivity contribution >= 4 is 5.82 Å². The SMILES string of the molecule is COc1cc(-c2cc(NCC(C)[C@@H](C)c3ccnc4c3OCC4)ncn2)cnc1OC. The van der Waals surface area contributed by atoms with Crippen LogP contribution in [0.2, 0.25) is 0 Å². The molecule has 1 aliphatic rings. The van der Waals surface area contributed by atoms with Crippen molar-refractivity contribution in [3.8, 4) is 28.6 Å². The molecule has 162 valence electrons. The smallest absolute Gasteiger partial charge is 0.256 e. The Morgan fingerprint density at radius 2 is 1.97 bits per heavy atom. The van der Waals surface area contributed by atoms with E-state index in [4.69, 9.17) is 14.2 Å². The van der Waals surface area contributed by atoms with Gasteiger partial charge in [0.2, 0.25) is 0 Å². The van der Waals surface area contributed by atoms with E-state index in [0.717, 1.165) is 41.5 Å². The highest BCUT2D eigenvalue weighted by atomic mass is 16.5. The quantitative estimate of drug-likeness (QED) is 0.588. The molecule has 0 fully saturated rings. The maximum absolute atomic E-state index is 5.84. The van der Waals surface area contributed by atoms with Gasteiger partial charge in [-0.3, -0.25) is 4.98 Å². The molecule has 0 saturated carbocycles. The first-order valence-corrected chi connectivity index (χ1v) is 10.4. The molecule has 1 unspecified atom stereocenters. The average molecular weight is 422 g/mol. The zero-order chi connectivity index (χ0) is 21.8. The zero-order valence-electron chi connectivity index (χ0n) is 18.3. The lowest BCUT2D eigenvalue weighted by molar-refractivity contribution is 0.343. The van der Waals surface area contributed by atoms with Gasteiger partial charge in [-0.2, -0.15) is 0 Å². The number of pyridine rings is 2. The molecule has 4 heterocycles. The van der Waals surface area contributed by atoms with Crippen molar-refractivity contribution in [2.45, 2.75) is 26.2 Å². The highest BCUT2D eigenvalue weighted by Gasteiger charge is 2.24. The fraction of sp³-hybridized carbons (Fsp3) is 0.391. The molecule has 8 nitrogen and oxygen atoms in total. The molecule has 1 N–H and O–H groups in total. The molecule has 4 rings (SSSR count). The van der Waals surface area contributed by atoms with Gasteiger partial charge in [0.1, 0.15) is 17.9 Å². The highest BCUT2D eigenvalue weighted by molar-refractivity contribution is 5.64. The van der Waals surface area contributed by atoms with Crippen molar-refractivity contribution in [1.29, 1.82) is 0 Å². The van der Waals surface area contributed by atoms with E-state index < -0.39 is 0 Å². The zero-order valence-corrected chi connectivity index (χ0v) is 18.3. The third kappa shape index (κ3) is 4.38. The van der Waals surface area contributed by atoms with E-state index in [1.807, 2.05) is 18.3 Å². The summed E-state index contributed by atoms with van der Waals surface area (Å²) in [4.78, 5) is 17.5. The van der Waals surface area contributed by atoms with E-state index in [9.17, 15) is 0 Å². The topological polar surface area (TPSA) is 91.3 Å². The molecule has 3 aromatic rings. The lowest BCUT2D eigenvalue weighted by Gasteiger charge is -2.22. The largest absolute Gasteiger partial charge is 0.491 e. The first-order chi connectivity index (χ1) is 15.1. The Labute approximate surface area is 182 Å². The average Bonchev–Trinajstić information content (AvgIpc) is 3.31. The predicted molar refractivity (Wildman–Crippen MR) is 118 cm³/mol. The summed E-state index contributed by atoms with van der Waals surface area (Å²) in [5, 5.41) is 3.44. The summed E-state index contributed by atoms with van der Waals surface area (Å²) < 4.78 is 16.4. The maximum atomic E-state index is 5.84. The van der Waals surface area contributed by atoms with Crippen LogP contribution < -0.4 is 19.5 Å². The summed E-state index contributed by atoms with van der Waals surface area (Å²) in [7, 11) is 3.15. The lowest BCUT2D eigenvalue weighted by atomic mass is 9.88. The van der Waals surface area contributed by atoms with Gasteiger partial charge in [-0.1, -0.05) is 13.8 Å². The van der Waals surface area contributed by atoms with Crippen molar-refractivity contribution in [3.63, 3.8) is 0 Å². The van der Waals surface area contributed by atoms with Gasteiger partial charge in [0.25, 0.3) is 5.88 Å². The lowest BCUT2D eigenvalue weighted by Crippen LogP contribution is -2.18. The summed E-state index contributed by atoms with van der Waals surface area (Å²) in [5.74, 6) is 3.40. The van der Waals surface area contributed by atoms with Crippen LogP contribution in [-0.2, 0) is 6.42 Å². The van der Waals surface area contributed by atoms with Crippen LogP contribution in [0.1, 0.15) is 31.0 Å². The van der Waals surface area contributed by atoms with Crippen LogP contribution in [0.3, 0.4) is 0 Å². The van der Waals surface area contributed by atoms with Crippen LogP contribution in [0.4, 0.5) is 5.82 Å². The molecule has 0 spiro atoms. The van der Waals surface area contributed by atoms with Gasteiger partial charge in [0, 0.05) is 42.6 Å². The minimum absolute atomic E-state index is 0.318. The molecule has 1 aliphatic heterocycles. The van der Waals surface area contributed by atoms with Gasteiger partial charge in [0.05, 0.1) is 32.2 Å². The second-order valence-corrected chi connectivity index (χ2v) is 7.65. The second kappa shape index (κ2) is 9.16. The number of rotatable bonds is 8. The number of anilines is 1. The Hall–Kier alpha value is -3.42. The van der Waals surface area contributed by atoms with Crippen molar-refractivity contribution in [2.24, 2.45) is 5.92 Å². The van der Waals surface area contributed by atoms with E-state index in [2.05, 4.69) is 45.2 Å². The fourth-order valence-corrected chi connectivity index (χ4v) is 3.69. The Bertz CT molecular complexity index is 1060. The van der Waals surface area contributed by atoms with Gasteiger partial charge in [-0.05, 0) is 24.0 Å². The number of hydrogen-bond donors (Lipinski definition) is 1. The molecule has 3 aromatic heterocycles. The van der Waals surface area contributed by atoms with Gasteiger partial charge in [-0.25, -0.2) is 15.0 Å². The molecule has 0 radical (unpaired) electrons. The summed E-state index contributed by atoms with van der Waals surface area (Å²) in [6, 6.07) is 5.83. The van der Waals surface area contributed by atoms with E-state index in [1.54, 1.807) is 26.7 Å². The number of methoxy groups -OCH3 is 2. The van der Waals surface area contributed by atoms with Crippen molar-refractivity contribution < 1.29 is 14.2 Å². The van der Waals surface area contributed by atoms with Crippen molar-refractivity contribution in [3.05, 3.63) is 48.2 Å². The number of ether oxygens (including phenoxy) is 3. The maximum Gasteiger partial charge on any atom is 0.256 e. The molecule has 0 aromatic carbocycles. The van der Waals surface area contributed by atoms with E-state index in [0.29, 0.717) is 30.1 Å². The van der Waals surface area contributed by atoms with Crippen LogP contribution >= 0.6 is 0 Å². The molecule has 2 atom stereocenters. The summed E-state index contributed by atoms with van der Waals surface area (Å²) in [5.41, 5.74) is 3.87. The van der Waals surface area contributed by atoms with Crippen LogP contribution in [0.15, 0.2) is 36.9 Å². The number of nitrogens with zero attached hydrogens (tertiary/aromatic N) is 4. The molecular formula is C23H27N5O3. The standard InChI is InChI=1S/C23H27N5O3/c1-14(15(2)17-5-7-24-18-6-8-31-22(17)18)11-25-21-10-19(27-13-28-21)16-9-20(29-3)23(30-4)26-12-16/h5,7,9-10,12-15H,6,8,11H2,1-4H3,(H,25,27,28)/t14?,15-/m1/s1. The van der Waals surface area contributed by atoms with Gasteiger partial charge in [0.15, 0.2) is 5.75 Å². The molecule has 0 amide bonds. The van der Waals surface area contributed by atoms with Gasteiger partial charge in [-0.15, -0.1) is 0 Å². The van der Waals surface area contributed by atoms with Crippen LogP contribution in [0.25, 0.3) is 11.3 Å². The first-order valence-electron chi connectivity index (χ1n) is 10.4. The summed E-state index contributed by atoms with van der Waals surface area (Å²) >= 11 is 0. The number of hydrogen-bond acceptors (Lipinski definition) is 8. The number of fused-ring (bicyclic) bond motifs is 1. The van der Waals surface area contributed by atoms with Crippen LogP contribution in [0.5, 0.6) is 17.4 Å². The van der Waals surface area contributed by atoms with E-state index in [1.165, 1.54) is 5.56 Å². The van der Waals surface area contributed by atoms with Crippen LogP contribution in [-0.4, -0.2) is 47.3 Å². The summed E-state index contributed by atoms with van der Waals surface area (Å²) in [6.45, 7) is 5.93.